The molecule has 0 saturated heterocycles. The lowest BCUT2D eigenvalue weighted by Gasteiger charge is -2.35. The van der Waals surface area contributed by atoms with Crippen LogP contribution in [0.2, 0.25) is 15.1 Å². The van der Waals surface area contributed by atoms with Crippen LogP contribution in [0.15, 0.2) is 89.8 Å². The normalized spacial score (nSPS) is 13.8. The lowest BCUT2D eigenvalue weighted by atomic mass is 9.94. The van der Waals surface area contributed by atoms with Gasteiger partial charge in [0, 0.05) is 40.1 Å². The summed E-state index contributed by atoms with van der Waals surface area (Å²) in [5.41, 5.74) is 1.34. The Labute approximate surface area is 325 Å². The Morgan fingerprint density at radius 2 is 1.43 bits per heavy atom. The predicted octanol–water partition coefficient (Wildman–Crippen LogP) is 7.96. The molecule has 2 amide bonds. The second kappa shape index (κ2) is 18.2. The first-order valence-corrected chi connectivity index (χ1v) is 19.7. The lowest BCUT2D eigenvalue weighted by Crippen LogP contribution is -2.55. The molecule has 0 unspecified atom stereocenters. The van der Waals surface area contributed by atoms with E-state index in [0.717, 1.165) is 42.0 Å². The average Bonchev–Trinajstić information content (AvgIpc) is 3.16. The molecule has 0 bridgehead atoms. The van der Waals surface area contributed by atoms with Gasteiger partial charge in [0.15, 0.2) is 11.5 Å². The maximum atomic E-state index is 15.0. The van der Waals surface area contributed by atoms with Gasteiger partial charge in [-0.2, -0.15) is 0 Å². The summed E-state index contributed by atoms with van der Waals surface area (Å²) in [6.45, 7) is -0.859. The van der Waals surface area contributed by atoms with Crippen molar-refractivity contribution in [3.63, 3.8) is 0 Å². The second-order valence-electron chi connectivity index (χ2n) is 12.7. The topological polar surface area (TPSA) is 114 Å². The molecule has 4 aromatic rings. The van der Waals surface area contributed by atoms with Crippen LogP contribution in [0.4, 0.5) is 5.69 Å². The number of anilines is 1. The Hall–Kier alpha value is -4.16. The molecule has 5 rings (SSSR count). The van der Waals surface area contributed by atoms with Crippen molar-refractivity contribution < 1.29 is 32.2 Å². The molecule has 1 aliphatic rings. The fourth-order valence-electron chi connectivity index (χ4n) is 6.41. The minimum Gasteiger partial charge on any atom is -0.495 e. The molecule has 0 radical (unpaired) electrons. The van der Waals surface area contributed by atoms with Crippen LogP contribution in [-0.4, -0.2) is 65.1 Å². The van der Waals surface area contributed by atoms with E-state index in [9.17, 15) is 18.0 Å². The summed E-state index contributed by atoms with van der Waals surface area (Å²) in [5, 5.41) is 4.08. The Morgan fingerprint density at radius 3 is 2.09 bits per heavy atom. The number of carbonyl (C=O) groups is 2. The van der Waals surface area contributed by atoms with Crippen molar-refractivity contribution in [1.82, 2.24) is 10.2 Å². The van der Waals surface area contributed by atoms with Crippen molar-refractivity contribution in [3.8, 4) is 17.2 Å². The van der Waals surface area contributed by atoms with E-state index in [4.69, 9.17) is 49.0 Å². The SMILES string of the molecule is COc1ccc(S(=O)(=O)N(CC(=O)N(Cc2ccc(Cl)cc2Cl)[C@H](Cc2ccccc2)C(=O)NC2CCCCC2)c2cc(Cl)ccc2OC)cc1OC. The maximum Gasteiger partial charge on any atom is 0.265 e. The minimum absolute atomic E-state index is 0.0128. The van der Waals surface area contributed by atoms with Gasteiger partial charge in [0.25, 0.3) is 10.0 Å². The largest absolute Gasteiger partial charge is 0.495 e. The zero-order valence-corrected chi connectivity index (χ0v) is 32.8. The molecule has 0 aliphatic heterocycles. The van der Waals surface area contributed by atoms with Gasteiger partial charge in [-0.25, -0.2) is 8.42 Å². The Bertz CT molecular complexity index is 2010. The highest BCUT2D eigenvalue weighted by Crippen LogP contribution is 2.37. The fraction of sp³-hybridized carbons (Fsp3) is 0.333. The summed E-state index contributed by atoms with van der Waals surface area (Å²) in [7, 11) is -0.326. The first-order valence-electron chi connectivity index (χ1n) is 17.1. The van der Waals surface area contributed by atoms with Crippen molar-refractivity contribution >= 4 is 62.3 Å². The third-order valence-electron chi connectivity index (χ3n) is 9.21. The van der Waals surface area contributed by atoms with E-state index < -0.39 is 28.5 Å². The van der Waals surface area contributed by atoms with Crippen molar-refractivity contribution in [2.24, 2.45) is 0 Å². The highest BCUT2D eigenvalue weighted by molar-refractivity contribution is 7.92. The molecular formula is C39H42Cl3N3O7S. The minimum atomic E-state index is -4.54. The molecule has 1 atom stereocenters. The van der Waals surface area contributed by atoms with E-state index in [-0.39, 0.29) is 57.0 Å². The van der Waals surface area contributed by atoms with Crippen LogP contribution < -0.4 is 23.8 Å². The molecule has 0 spiro atoms. The number of nitrogens with one attached hydrogen (secondary N) is 1. The number of halogens is 3. The Balaban J connectivity index is 1.64. The van der Waals surface area contributed by atoms with E-state index >= 15 is 0 Å². The number of nitrogens with zero attached hydrogens (tertiary/aromatic N) is 2. The molecule has 282 valence electrons. The molecule has 1 N–H and O–H groups in total. The first-order chi connectivity index (χ1) is 25.4. The molecule has 14 heteroatoms. The van der Waals surface area contributed by atoms with Crippen LogP contribution in [0, 0.1) is 0 Å². The van der Waals surface area contributed by atoms with Crippen LogP contribution in [0.25, 0.3) is 0 Å². The van der Waals surface area contributed by atoms with Crippen molar-refractivity contribution in [2.45, 2.75) is 62.0 Å². The van der Waals surface area contributed by atoms with Crippen LogP contribution >= 0.6 is 34.8 Å². The highest BCUT2D eigenvalue weighted by atomic mass is 35.5. The van der Waals surface area contributed by atoms with Crippen molar-refractivity contribution in [2.75, 3.05) is 32.2 Å². The molecule has 1 saturated carbocycles. The molecule has 53 heavy (non-hydrogen) atoms. The van der Waals surface area contributed by atoms with Gasteiger partial charge in [-0.3, -0.25) is 13.9 Å². The second-order valence-corrected chi connectivity index (χ2v) is 15.8. The summed E-state index contributed by atoms with van der Waals surface area (Å²) in [6.07, 6.45) is 4.87. The van der Waals surface area contributed by atoms with Crippen LogP contribution in [0.3, 0.4) is 0 Å². The number of benzene rings is 4. The Morgan fingerprint density at radius 1 is 0.792 bits per heavy atom. The summed E-state index contributed by atoms with van der Waals surface area (Å²) in [4.78, 5) is 30.6. The maximum absolute atomic E-state index is 15.0. The number of ether oxygens (including phenoxy) is 3. The molecule has 0 aromatic heterocycles. The standard InChI is InChI=1S/C39H42Cl3N3O7S/c1-50-35-18-16-29(41)22-33(35)45(53(48,49)31-17-19-36(51-2)37(23-31)52-3)25-38(46)44(24-27-14-15-28(40)21-32(27)42)34(20-26-10-6-4-7-11-26)39(47)43-30-12-8-5-9-13-30/h4,6-7,10-11,14-19,21-23,30,34H,5,8-9,12-13,20,24-25H2,1-3H3,(H,43,47)/t34-/m1/s1. The zero-order chi connectivity index (χ0) is 38.1. The number of rotatable bonds is 15. The van der Waals surface area contributed by atoms with Gasteiger partial charge in [-0.1, -0.05) is 90.5 Å². The van der Waals surface area contributed by atoms with Gasteiger partial charge in [0.2, 0.25) is 11.8 Å². The molecular weight excluding hydrogens is 761 g/mol. The number of hydrogen-bond donors (Lipinski definition) is 1. The third kappa shape index (κ3) is 9.89. The average molecular weight is 803 g/mol. The van der Waals surface area contributed by atoms with Gasteiger partial charge in [0.05, 0.1) is 31.9 Å². The Kier molecular flexibility index (Phi) is 13.8. The van der Waals surface area contributed by atoms with Gasteiger partial charge < -0.3 is 24.4 Å². The quantitative estimate of drug-likeness (QED) is 0.130. The zero-order valence-electron chi connectivity index (χ0n) is 29.7. The van der Waals surface area contributed by atoms with Crippen LogP contribution in [-0.2, 0) is 32.6 Å². The number of carbonyl (C=O) groups excluding carboxylic acids is 2. The van der Waals surface area contributed by atoms with Gasteiger partial charge in [-0.05, 0) is 66.4 Å². The molecule has 1 aliphatic carbocycles. The molecule has 4 aromatic carbocycles. The van der Waals surface area contributed by atoms with Crippen LogP contribution in [0.5, 0.6) is 17.2 Å². The predicted molar refractivity (Wildman–Crippen MR) is 208 cm³/mol. The fourth-order valence-corrected chi connectivity index (χ4v) is 8.47. The third-order valence-corrected chi connectivity index (χ3v) is 11.8. The van der Waals surface area contributed by atoms with E-state index in [1.807, 2.05) is 30.3 Å². The number of sulfonamides is 1. The lowest BCUT2D eigenvalue weighted by molar-refractivity contribution is -0.140. The summed E-state index contributed by atoms with van der Waals surface area (Å²) < 4.78 is 46.6. The van der Waals surface area contributed by atoms with Gasteiger partial charge in [0.1, 0.15) is 18.3 Å². The summed E-state index contributed by atoms with van der Waals surface area (Å²) >= 11 is 19.3. The number of methoxy groups -OCH3 is 3. The molecule has 0 heterocycles. The number of amides is 2. The van der Waals surface area contributed by atoms with Crippen molar-refractivity contribution in [1.29, 1.82) is 0 Å². The molecule has 1 fully saturated rings. The van der Waals surface area contributed by atoms with Crippen molar-refractivity contribution in [3.05, 3.63) is 111 Å². The first kappa shape index (κ1) is 40.0. The van der Waals surface area contributed by atoms with Gasteiger partial charge >= 0.3 is 0 Å². The summed E-state index contributed by atoms with van der Waals surface area (Å²) in [6, 6.07) is 21.7. The van der Waals surface area contributed by atoms with E-state index in [2.05, 4.69) is 5.32 Å². The number of hydrogen-bond acceptors (Lipinski definition) is 7. The monoisotopic (exact) mass is 801 g/mol. The summed E-state index contributed by atoms with van der Waals surface area (Å²) in [5.74, 6) is -0.405. The molecule has 10 nitrogen and oxygen atoms in total. The van der Waals surface area contributed by atoms with E-state index in [1.165, 1.54) is 56.6 Å². The smallest absolute Gasteiger partial charge is 0.265 e. The van der Waals surface area contributed by atoms with Gasteiger partial charge in [-0.15, -0.1) is 0 Å². The van der Waals surface area contributed by atoms with E-state index in [0.29, 0.717) is 16.3 Å². The van der Waals surface area contributed by atoms with E-state index in [1.54, 1.807) is 24.3 Å². The van der Waals surface area contributed by atoms with Crippen LogP contribution in [0.1, 0.15) is 43.2 Å². The highest BCUT2D eigenvalue weighted by Gasteiger charge is 2.37.